The number of rotatable bonds is 8. The van der Waals surface area contributed by atoms with Crippen molar-refractivity contribution in [2.45, 2.75) is 24.8 Å². The molecule has 7 nitrogen and oxygen atoms in total. The van der Waals surface area contributed by atoms with Crippen molar-refractivity contribution < 1.29 is 17.9 Å². The molecule has 1 unspecified atom stereocenters. The number of nitrogens with one attached hydrogen (secondary N) is 1. The van der Waals surface area contributed by atoms with Crippen LogP contribution in [0.15, 0.2) is 58.5 Å². The topological polar surface area (TPSA) is 111 Å². The Hall–Kier alpha value is -2.58. The van der Waals surface area contributed by atoms with Crippen molar-refractivity contribution in [2.24, 2.45) is 10.9 Å². The van der Waals surface area contributed by atoms with Crippen molar-refractivity contribution in [3.8, 4) is 0 Å². The van der Waals surface area contributed by atoms with Gasteiger partial charge in [-0.2, -0.15) is 5.10 Å². The van der Waals surface area contributed by atoms with Gasteiger partial charge < -0.3 is 15.9 Å². The highest BCUT2D eigenvalue weighted by Gasteiger charge is 2.17. The van der Waals surface area contributed by atoms with E-state index in [0.29, 0.717) is 5.56 Å². The van der Waals surface area contributed by atoms with Gasteiger partial charge in [0, 0.05) is 12.6 Å². The van der Waals surface area contributed by atoms with Crippen LogP contribution in [0.4, 0.5) is 5.69 Å². The van der Waals surface area contributed by atoms with Gasteiger partial charge in [0.2, 0.25) is 0 Å². The number of sulfone groups is 1. The van der Waals surface area contributed by atoms with Gasteiger partial charge in [-0.15, -0.1) is 12.4 Å². The van der Waals surface area contributed by atoms with E-state index in [4.69, 9.17) is 10.6 Å². The Morgan fingerprint density at radius 1 is 1.25 bits per heavy atom. The van der Waals surface area contributed by atoms with Crippen LogP contribution in [-0.4, -0.2) is 33.0 Å². The van der Waals surface area contributed by atoms with E-state index in [-0.39, 0.29) is 29.7 Å². The summed E-state index contributed by atoms with van der Waals surface area (Å²) in [7, 11) is -3.33. The summed E-state index contributed by atoms with van der Waals surface area (Å²) < 4.78 is 29.5. The second-order valence-corrected chi connectivity index (χ2v) is 8.15. The van der Waals surface area contributed by atoms with E-state index in [9.17, 15) is 13.2 Å². The summed E-state index contributed by atoms with van der Waals surface area (Å²) in [5.74, 6) is 4.75. The first-order valence-electron chi connectivity index (χ1n) is 8.41. The fourth-order valence-corrected chi connectivity index (χ4v) is 3.40. The molecule has 28 heavy (non-hydrogen) atoms. The first-order chi connectivity index (χ1) is 12.9. The van der Waals surface area contributed by atoms with Gasteiger partial charge in [0.15, 0.2) is 9.84 Å². The molecule has 0 radical (unpaired) electrons. The maximum atomic E-state index is 12.2. The molecule has 0 aliphatic heterocycles. The molecule has 0 saturated carbocycles. The fourth-order valence-electron chi connectivity index (χ4n) is 2.47. The molecule has 1 atom stereocenters. The largest absolute Gasteiger partial charge is 0.463 e. The number of hydrogen-bond donors (Lipinski definition) is 2. The van der Waals surface area contributed by atoms with Crippen LogP contribution in [0.3, 0.4) is 0 Å². The van der Waals surface area contributed by atoms with Crippen LogP contribution < -0.4 is 11.2 Å². The van der Waals surface area contributed by atoms with Crippen LogP contribution in [0.1, 0.15) is 31.0 Å². The zero-order chi connectivity index (χ0) is 19.9. The quantitative estimate of drug-likeness (QED) is 0.291. The van der Waals surface area contributed by atoms with E-state index in [1.54, 1.807) is 31.2 Å². The average Bonchev–Trinajstić information content (AvgIpc) is 2.66. The Morgan fingerprint density at radius 2 is 1.93 bits per heavy atom. The van der Waals surface area contributed by atoms with E-state index >= 15 is 0 Å². The fraction of sp³-hybridized carbons (Fsp3) is 0.263. The number of nitrogens with zero attached hydrogens (tertiary/aromatic N) is 1. The number of carbonyl (C=O) groups excluding carboxylic acids is 1. The number of nitrogens with two attached hydrogens (primary N) is 1. The summed E-state index contributed by atoms with van der Waals surface area (Å²) in [5, 5.41) is 6.74. The molecule has 2 aromatic rings. The Morgan fingerprint density at radius 3 is 2.50 bits per heavy atom. The predicted molar refractivity (Wildman–Crippen MR) is 113 cm³/mol. The molecule has 0 saturated heterocycles. The maximum absolute atomic E-state index is 12.2. The molecule has 2 rings (SSSR count). The van der Waals surface area contributed by atoms with Gasteiger partial charge in [-0.05, 0) is 35.4 Å². The molecule has 0 aromatic heterocycles. The Bertz CT molecular complexity index is 915. The zero-order valence-corrected chi connectivity index (χ0v) is 17.3. The van der Waals surface area contributed by atoms with Crippen LogP contribution in [0, 0.1) is 0 Å². The summed E-state index contributed by atoms with van der Waals surface area (Å²) in [5.41, 5.74) is 2.33. The van der Waals surface area contributed by atoms with Crippen LogP contribution in [-0.2, 0) is 19.4 Å². The molecule has 0 amide bonds. The van der Waals surface area contributed by atoms with Gasteiger partial charge in [0.25, 0.3) is 0 Å². The maximum Gasteiger partial charge on any atom is 0.302 e. The highest BCUT2D eigenvalue weighted by atomic mass is 35.5. The highest BCUT2D eigenvalue weighted by molar-refractivity contribution is 7.91. The van der Waals surface area contributed by atoms with Crippen molar-refractivity contribution in [1.82, 2.24) is 0 Å². The first-order valence-corrected chi connectivity index (χ1v) is 10.1. The number of benzene rings is 2. The normalized spacial score (nSPS) is 12.2. The highest BCUT2D eigenvalue weighted by Crippen LogP contribution is 2.23. The average molecular weight is 426 g/mol. The molecule has 0 fully saturated rings. The van der Waals surface area contributed by atoms with E-state index < -0.39 is 21.8 Å². The molecular formula is C19H24ClN3O4S. The molecule has 0 aliphatic carbocycles. The number of anilines is 1. The molecule has 0 heterocycles. The SMILES string of the molecule is CCS(=O)(=O)c1cccc(C(COC(C)=O)Nc2ccc(C=NN)cc2)c1.Cl. The van der Waals surface area contributed by atoms with Gasteiger partial charge in [0.05, 0.1) is 22.9 Å². The summed E-state index contributed by atoms with van der Waals surface area (Å²) in [6.07, 6.45) is 1.53. The third-order valence-electron chi connectivity index (χ3n) is 3.93. The summed E-state index contributed by atoms with van der Waals surface area (Å²) in [6, 6.07) is 13.6. The Labute approximate surface area is 171 Å². The minimum atomic E-state index is -3.33. The molecule has 3 N–H and O–H groups in total. The molecule has 0 bridgehead atoms. The Kier molecular flexibility index (Phi) is 8.94. The number of carbonyl (C=O) groups is 1. The van der Waals surface area contributed by atoms with E-state index in [0.717, 1.165) is 11.3 Å². The van der Waals surface area contributed by atoms with Crippen LogP contribution >= 0.6 is 12.4 Å². The number of esters is 1. The zero-order valence-electron chi connectivity index (χ0n) is 15.7. The molecule has 2 aromatic carbocycles. The van der Waals surface area contributed by atoms with Crippen LogP contribution in [0.25, 0.3) is 0 Å². The standard InChI is InChI=1S/C19H23N3O4S.ClH/c1-3-27(24,25)18-6-4-5-16(11-18)19(13-26-14(2)23)22-17-9-7-15(8-10-17)12-21-20;/h4-12,19,22H,3,13,20H2,1-2H3;1H. The lowest BCUT2D eigenvalue weighted by molar-refractivity contribution is -0.141. The van der Waals surface area contributed by atoms with Crippen molar-refractivity contribution in [3.63, 3.8) is 0 Å². The van der Waals surface area contributed by atoms with Gasteiger partial charge in [-0.25, -0.2) is 8.42 Å². The van der Waals surface area contributed by atoms with Crippen LogP contribution in [0.2, 0.25) is 0 Å². The van der Waals surface area contributed by atoms with E-state index in [2.05, 4.69) is 10.4 Å². The molecule has 9 heteroatoms. The van der Waals surface area contributed by atoms with E-state index in [1.165, 1.54) is 13.1 Å². The number of hydrogen-bond acceptors (Lipinski definition) is 7. The summed E-state index contributed by atoms with van der Waals surface area (Å²) in [6.45, 7) is 3.00. The predicted octanol–water partition coefficient (Wildman–Crippen LogP) is 2.91. The van der Waals surface area contributed by atoms with Gasteiger partial charge in [-0.3, -0.25) is 4.79 Å². The summed E-state index contributed by atoms with van der Waals surface area (Å²) in [4.78, 5) is 11.5. The van der Waals surface area contributed by atoms with Crippen molar-refractivity contribution in [2.75, 3.05) is 17.7 Å². The molecule has 0 spiro atoms. The third kappa shape index (κ3) is 6.54. The third-order valence-corrected chi connectivity index (χ3v) is 5.66. The second kappa shape index (κ2) is 10.7. The van der Waals surface area contributed by atoms with Gasteiger partial charge >= 0.3 is 5.97 Å². The smallest absolute Gasteiger partial charge is 0.302 e. The molecular weight excluding hydrogens is 402 g/mol. The second-order valence-electron chi connectivity index (χ2n) is 5.88. The minimum Gasteiger partial charge on any atom is -0.463 e. The lowest BCUT2D eigenvalue weighted by atomic mass is 10.1. The Balaban J connectivity index is 0.00000392. The van der Waals surface area contributed by atoms with Crippen molar-refractivity contribution in [3.05, 3.63) is 59.7 Å². The van der Waals surface area contributed by atoms with Crippen molar-refractivity contribution in [1.29, 1.82) is 0 Å². The van der Waals surface area contributed by atoms with E-state index in [1.807, 2.05) is 24.3 Å². The molecule has 152 valence electrons. The lowest BCUT2D eigenvalue weighted by Crippen LogP contribution is -2.19. The lowest BCUT2D eigenvalue weighted by Gasteiger charge is -2.21. The number of ether oxygens (including phenoxy) is 1. The van der Waals surface area contributed by atoms with Crippen LogP contribution in [0.5, 0.6) is 0 Å². The molecule has 0 aliphatic rings. The van der Waals surface area contributed by atoms with Gasteiger partial charge in [-0.1, -0.05) is 31.2 Å². The first kappa shape index (κ1) is 23.5. The van der Waals surface area contributed by atoms with Crippen molar-refractivity contribution >= 4 is 40.1 Å². The monoisotopic (exact) mass is 425 g/mol. The number of halogens is 1. The minimum absolute atomic E-state index is 0. The van der Waals surface area contributed by atoms with Gasteiger partial charge in [0.1, 0.15) is 6.61 Å². The number of hydrazone groups is 1. The summed E-state index contributed by atoms with van der Waals surface area (Å²) >= 11 is 0.